The van der Waals surface area contributed by atoms with Crippen molar-refractivity contribution in [3.8, 4) is 0 Å². The van der Waals surface area contributed by atoms with Gasteiger partial charge < -0.3 is 19.9 Å². The zero-order chi connectivity index (χ0) is 15.2. The number of carbonyl (C=O) groups excluding carboxylic acids is 1. The van der Waals surface area contributed by atoms with Gasteiger partial charge in [-0.2, -0.15) is 4.98 Å². The van der Waals surface area contributed by atoms with Crippen LogP contribution in [0.1, 0.15) is 32.4 Å². The molecule has 0 aromatic carbocycles. The SMILES string of the molecule is CCCCC(=O)Nc1ccn([C@@H]2CO[C@H](CO)O2)c(=O)n1. The smallest absolute Gasteiger partial charge is 0.351 e. The Bertz CT molecular complexity index is 545. The minimum absolute atomic E-state index is 0.162. The van der Waals surface area contributed by atoms with E-state index in [1.807, 2.05) is 6.92 Å². The van der Waals surface area contributed by atoms with Crippen molar-refractivity contribution in [1.82, 2.24) is 9.55 Å². The molecule has 0 saturated carbocycles. The van der Waals surface area contributed by atoms with Gasteiger partial charge in [0.05, 0.1) is 13.2 Å². The second kappa shape index (κ2) is 7.30. The summed E-state index contributed by atoms with van der Waals surface area (Å²) < 4.78 is 11.7. The first-order chi connectivity index (χ1) is 10.1. The Morgan fingerprint density at radius 2 is 2.43 bits per heavy atom. The quantitative estimate of drug-likeness (QED) is 0.779. The molecule has 1 aromatic heterocycles. The van der Waals surface area contributed by atoms with Crippen molar-refractivity contribution >= 4 is 11.7 Å². The largest absolute Gasteiger partial charge is 0.391 e. The number of aliphatic hydroxyl groups excluding tert-OH is 1. The average molecular weight is 297 g/mol. The van der Waals surface area contributed by atoms with E-state index in [1.165, 1.54) is 16.8 Å². The number of rotatable bonds is 6. The molecule has 2 heterocycles. The van der Waals surface area contributed by atoms with Gasteiger partial charge in [-0.25, -0.2) is 4.79 Å². The van der Waals surface area contributed by atoms with Crippen molar-refractivity contribution in [1.29, 1.82) is 0 Å². The minimum Gasteiger partial charge on any atom is -0.391 e. The van der Waals surface area contributed by atoms with Crippen LogP contribution < -0.4 is 11.0 Å². The predicted octanol–water partition coefficient (Wildman–Crippen LogP) is 0.236. The molecule has 0 bridgehead atoms. The zero-order valence-corrected chi connectivity index (χ0v) is 11.8. The van der Waals surface area contributed by atoms with Crippen LogP contribution in [-0.4, -0.2) is 40.1 Å². The maximum absolute atomic E-state index is 11.9. The predicted molar refractivity (Wildman–Crippen MR) is 73.6 cm³/mol. The summed E-state index contributed by atoms with van der Waals surface area (Å²) in [5.41, 5.74) is -0.546. The van der Waals surface area contributed by atoms with Gasteiger partial charge in [-0.3, -0.25) is 9.36 Å². The van der Waals surface area contributed by atoms with Crippen molar-refractivity contribution < 1.29 is 19.4 Å². The summed E-state index contributed by atoms with van der Waals surface area (Å²) in [4.78, 5) is 27.3. The Labute approximate surface area is 121 Å². The maximum Gasteiger partial charge on any atom is 0.351 e. The first-order valence-electron chi connectivity index (χ1n) is 6.91. The number of unbranched alkanes of at least 4 members (excludes halogenated alkanes) is 1. The van der Waals surface area contributed by atoms with Crippen molar-refractivity contribution in [2.75, 3.05) is 18.5 Å². The van der Waals surface area contributed by atoms with Crippen LogP contribution in [0.2, 0.25) is 0 Å². The van der Waals surface area contributed by atoms with Gasteiger partial charge >= 0.3 is 5.69 Å². The van der Waals surface area contributed by atoms with Crippen molar-refractivity contribution in [2.45, 2.75) is 38.7 Å². The zero-order valence-electron chi connectivity index (χ0n) is 11.8. The summed E-state index contributed by atoms with van der Waals surface area (Å²) in [6.07, 6.45) is 2.26. The second-order valence-electron chi connectivity index (χ2n) is 4.69. The highest BCUT2D eigenvalue weighted by atomic mass is 16.7. The lowest BCUT2D eigenvalue weighted by molar-refractivity contribution is -0.116. The Balaban J connectivity index is 2.01. The van der Waals surface area contributed by atoms with E-state index in [0.29, 0.717) is 6.42 Å². The van der Waals surface area contributed by atoms with Crippen LogP contribution in [0.4, 0.5) is 5.82 Å². The number of aliphatic hydroxyl groups is 1. The molecule has 2 rings (SSSR count). The summed E-state index contributed by atoms with van der Waals surface area (Å²) in [5, 5.41) is 11.5. The van der Waals surface area contributed by atoms with E-state index in [9.17, 15) is 9.59 Å². The summed E-state index contributed by atoms with van der Waals surface area (Å²) in [6.45, 7) is 1.88. The third kappa shape index (κ3) is 4.10. The van der Waals surface area contributed by atoms with Crippen LogP contribution in [0.3, 0.4) is 0 Å². The molecule has 1 saturated heterocycles. The molecule has 8 heteroatoms. The molecule has 2 N–H and O–H groups in total. The molecule has 21 heavy (non-hydrogen) atoms. The van der Waals surface area contributed by atoms with E-state index < -0.39 is 18.2 Å². The fraction of sp³-hybridized carbons (Fsp3) is 0.615. The molecule has 1 amide bonds. The number of ether oxygens (including phenoxy) is 2. The van der Waals surface area contributed by atoms with Gasteiger partial charge in [0.15, 0.2) is 12.5 Å². The standard InChI is InChI=1S/C13H19N3O5/c1-2-3-4-10(18)14-9-5-6-16(13(19)15-9)11-8-20-12(7-17)21-11/h5-6,11-12,17H,2-4,7-8H2,1H3,(H,14,15,18,19)/t11-,12-/m0/s1. The van der Waals surface area contributed by atoms with Crippen LogP contribution in [0.15, 0.2) is 17.1 Å². The van der Waals surface area contributed by atoms with Crippen molar-refractivity contribution in [3.63, 3.8) is 0 Å². The summed E-state index contributed by atoms with van der Waals surface area (Å²) in [6, 6.07) is 1.53. The minimum atomic E-state index is -0.727. The number of amides is 1. The molecule has 1 fully saturated rings. The van der Waals surface area contributed by atoms with Gasteiger partial charge in [0, 0.05) is 12.6 Å². The highest BCUT2D eigenvalue weighted by Crippen LogP contribution is 2.19. The normalized spacial score (nSPS) is 21.4. The number of carbonyl (C=O) groups is 1. The molecular weight excluding hydrogens is 278 g/mol. The highest BCUT2D eigenvalue weighted by Gasteiger charge is 2.27. The summed E-state index contributed by atoms with van der Waals surface area (Å²) >= 11 is 0. The molecule has 2 atom stereocenters. The molecule has 0 radical (unpaired) electrons. The van der Waals surface area contributed by atoms with E-state index in [0.717, 1.165) is 12.8 Å². The lowest BCUT2D eigenvalue weighted by atomic mass is 10.2. The van der Waals surface area contributed by atoms with Crippen LogP contribution in [0, 0.1) is 0 Å². The number of aromatic nitrogens is 2. The van der Waals surface area contributed by atoms with Crippen molar-refractivity contribution in [3.05, 3.63) is 22.7 Å². The topological polar surface area (TPSA) is 103 Å². The van der Waals surface area contributed by atoms with E-state index in [-0.39, 0.29) is 24.9 Å². The van der Waals surface area contributed by atoms with Crippen LogP contribution in [0.25, 0.3) is 0 Å². The van der Waals surface area contributed by atoms with Gasteiger partial charge in [0.2, 0.25) is 5.91 Å². The van der Waals surface area contributed by atoms with Crippen LogP contribution in [-0.2, 0) is 14.3 Å². The molecule has 0 aliphatic carbocycles. The Kier molecular flexibility index (Phi) is 5.43. The first-order valence-corrected chi connectivity index (χ1v) is 6.91. The third-order valence-electron chi connectivity index (χ3n) is 3.05. The Morgan fingerprint density at radius 3 is 3.05 bits per heavy atom. The summed E-state index contributed by atoms with van der Waals surface area (Å²) in [5.74, 6) is 0.0530. The van der Waals surface area contributed by atoms with Crippen LogP contribution in [0.5, 0.6) is 0 Å². The highest BCUT2D eigenvalue weighted by molar-refractivity contribution is 5.89. The maximum atomic E-state index is 11.9. The lowest BCUT2D eigenvalue weighted by Gasteiger charge is -2.12. The number of anilines is 1. The van der Waals surface area contributed by atoms with Crippen molar-refractivity contribution in [2.24, 2.45) is 0 Å². The fourth-order valence-corrected chi connectivity index (χ4v) is 1.93. The Morgan fingerprint density at radius 1 is 1.62 bits per heavy atom. The van der Waals surface area contributed by atoms with Gasteiger partial charge in [-0.15, -0.1) is 0 Å². The first kappa shape index (κ1) is 15.6. The number of nitrogens with zero attached hydrogens (tertiary/aromatic N) is 2. The molecule has 116 valence electrons. The lowest BCUT2D eigenvalue weighted by Crippen LogP contribution is -2.29. The monoisotopic (exact) mass is 297 g/mol. The van der Waals surface area contributed by atoms with Gasteiger partial charge in [0.1, 0.15) is 5.82 Å². The fourth-order valence-electron chi connectivity index (χ4n) is 1.93. The Hall–Kier alpha value is -1.77. The molecule has 0 unspecified atom stereocenters. The number of hydrogen-bond acceptors (Lipinski definition) is 6. The molecule has 0 spiro atoms. The van der Waals surface area contributed by atoms with Gasteiger partial charge in [-0.05, 0) is 12.5 Å². The van der Waals surface area contributed by atoms with E-state index in [4.69, 9.17) is 14.6 Å². The average Bonchev–Trinajstić information content (AvgIpc) is 2.94. The number of nitrogens with one attached hydrogen (secondary N) is 1. The third-order valence-corrected chi connectivity index (χ3v) is 3.05. The van der Waals surface area contributed by atoms with Crippen LogP contribution >= 0.6 is 0 Å². The van der Waals surface area contributed by atoms with Gasteiger partial charge in [-0.1, -0.05) is 13.3 Å². The molecule has 1 aliphatic rings. The van der Waals surface area contributed by atoms with E-state index >= 15 is 0 Å². The number of hydrogen-bond donors (Lipinski definition) is 2. The molecule has 8 nitrogen and oxygen atoms in total. The molecule has 1 aliphatic heterocycles. The summed E-state index contributed by atoms with van der Waals surface area (Å²) in [7, 11) is 0. The molecule has 1 aromatic rings. The van der Waals surface area contributed by atoms with Gasteiger partial charge in [0.25, 0.3) is 0 Å². The van der Waals surface area contributed by atoms with E-state index in [1.54, 1.807) is 0 Å². The second-order valence-corrected chi connectivity index (χ2v) is 4.69. The van der Waals surface area contributed by atoms with E-state index in [2.05, 4.69) is 10.3 Å². The molecular formula is C13H19N3O5.